The lowest BCUT2D eigenvalue weighted by Crippen LogP contribution is -2.63. The van der Waals surface area contributed by atoms with Gasteiger partial charge in [0, 0.05) is 32.6 Å². The van der Waals surface area contributed by atoms with Gasteiger partial charge in [-0.2, -0.15) is 18.3 Å². The van der Waals surface area contributed by atoms with Gasteiger partial charge in [-0.05, 0) is 62.0 Å². The van der Waals surface area contributed by atoms with Crippen LogP contribution in [0.1, 0.15) is 35.2 Å². The number of hydrogen-bond donors (Lipinski definition) is 5. The number of aromatic nitrogens is 2. The third-order valence-corrected chi connectivity index (χ3v) is 8.41. The number of rotatable bonds is 9. The average Bonchev–Trinajstić information content (AvgIpc) is 3.28. The van der Waals surface area contributed by atoms with Crippen molar-refractivity contribution in [2.75, 3.05) is 21.9 Å². The van der Waals surface area contributed by atoms with Crippen molar-refractivity contribution in [2.24, 2.45) is 0 Å². The fourth-order valence-electron chi connectivity index (χ4n) is 5.76. The second kappa shape index (κ2) is 12.2. The van der Waals surface area contributed by atoms with Crippen LogP contribution in [0.2, 0.25) is 5.02 Å². The third kappa shape index (κ3) is 5.78. The average molecular weight is 691 g/mol. The fraction of sp³-hybridized carbons (Fsp3) is 0.226. The number of hydrogen-bond acceptors (Lipinski definition) is 9. The predicted molar refractivity (Wildman–Crippen MR) is 169 cm³/mol. The number of aliphatic hydroxyl groups is 3. The van der Waals surface area contributed by atoms with Crippen LogP contribution in [0.4, 0.5) is 49.2 Å². The molecule has 17 heteroatoms. The van der Waals surface area contributed by atoms with E-state index in [0.29, 0.717) is 6.07 Å². The highest BCUT2D eigenvalue weighted by atomic mass is 35.5. The van der Waals surface area contributed by atoms with Crippen LogP contribution in [-0.4, -0.2) is 51.6 Å². The van der Waals surface area contributed by atoms with Gasteiger partial charge in [0.2, 0.25) is 0 Å². The van der Waals surface area contributed by atoms with E-state index < -0.39 is 53.0 Å². The minimum absolute atomic E-state index is 0.0284. The van der Waals surface area contributed by atoms with Crippen LogP contribution in [0, 0.1) is 18.6 Å². The first-order valence-electron chi connectivity index (χ1n) is 13.9. The summed E-state index contributed by atoms with van der Waals surface area (Å²) in [4.78, 5) is 1.95. The molecule has 0 bridgehead atoms. The Kier molecular flexibility index (Phi) is 8.84. The lowest BCUT2D eigenvalue weighted by atomic mass is 9.75. The summed E-state index contributed by atoms with van der Waals surface area (Å²) in [6.07, 6.45) is -2.88. The quantitative estimate of drug-likeness (QED) is 0.0625. The molecule has 0 saturated carbocycles. The number of fused-ring (bicyclic) bond motifs is 2. The zero-order valence-corrected chi connectivity index (χ0v) is 25.9. The van der Waals surface area contributed by atoms with Crippen LogP contribution < -0.4 is 20.4 Å². The van der Waals surface area contributed by atoms with E-state index in [4.69, 9.17) is 19.4 Å². The highest BCUT2D eigenvalue weighted by Gasteiger charge is 2.51. The third-order valence-electron chi connectivity index (χ3n) is 8.06. The molecule has 2 unspecified atom stereocenters. The van der Waals surface area contributed by atoms with E-state index in [1.807, 2.05) is 0 Å². The van der Waals surface area contributed by atoms with Crippen LogP contribution in [0.3, 0.4) is 0 Å². The Bertz CT molecular complexity index is 1960. The van der Waals surface area contributed by atoms with Crippen molar-refractivity contribution in [3.63, 3.8) is 0 Å². The molecule has 2 atom stereocenters. The van der Waals surface area contributed by atoms with E-state index >= 15 is 0 Å². The SMILES string of the molecule is [B]C(C)(N1C(=C)N(CF)c2c1cc(Nc1nncc3c(C(F)(F)F)cc(F)cc13)c(C(NC=C)c1cc(F)ccc1Cl)c2C)C(O)(O)O. The van der Waals surface area contributed by atoms with Gasteiger partial charge in [0.05, 0.1) is 34.6 Å². The van der Waals surface area contributed by atoms with Crippen LogP contribution in [-0.2, 0) is 6.18 Å². The minimum atomic E-state index is -4.96. The number of benzene rings is 3. The smallest absolute Gasteiger partial charge is 0.380 e. The molecular weight excluding hydrogens is 665 g/mol. The molecule has 0 spiro atoms. The van der Waals surface area contributed by atoms with Crippen LogP contribution >= 0.6 is 11.6 Å². The lowest BCUT2D eigenvalue weighted by Gasteiger charge is -2.43. The molecule has 1 aromatic heterocycles. The molecular formula is C31H26BClF6N6O3. The molecule has 250 valence electrons. The Labute approximate surface area is 276 Å². The summed E-state index contributed by atoms with van der Waals surface area (Å²) in [5, 5.41) is 43.3. The van der Waals surface area contributed by atoms with Gasteiger partial charge in [-0.25, -0.2) is 13.2 Å². The van der Waals surface area contributed by atoms with E-state index in [0.717, 1.165) is 41.1 Å². The maximum Gasteiger partial charge on any atom is 0.417 e. The molecule has 2 heterocycles. The summed E-state index contributed by atoms with van der Waals surface area (Å²) < 4.78 is 85.7. The maximum atomic E-state index is 14.7. The molecule has 2 radical (unpaired) electrons. The summed E-state index contributed by atoms with van der Waals surface area (Å²) in [6, 6.07) is 4.85. The Morgan fingerprint density at radius 3 is 2.38 bits per heavy atom. The van der Waals surface area contributed by atoms with Gasteiger partial charge in [-0.15, -0.1) is 5.10 Å². The molecule has 9 nitrogen and oxygen atoms in total. The summed E-state index contributed by atoms with van der Waals surface area (Å²) in [7, 11) is 6.19. The van der Waals surface area contributed by atoms with Crippen molar-refractivity contribution < 1.29 is 41.7 Å². The highest BCUT2D eigenvalue weighted by molar-refractivity contribution is 6.31. The van der Waals surface area contributed by atoms with Gasteiger partial charge in [-0.3, -0.25) is 4.90 Å². The first-order valence-corrected chi connectivity index (χ1v) is 14.3. The molecule has 0 aliphatic carbocycles. The van der Waals surface area contributed by atoms with Gasteiger partial charge in [-0.1, -0.05) is 24.8 Å². The van der Waals surface area contributed by atoms with Crippen LogP contribution in [0.5, 0.6) is 0 Å². The summed E-state index contributed by atoms with van der Waals surface area (Å²) >= 11 is 6.50. The Morgan fingerprint density at radius 1 is 1.08 bits per heavy atom. The predicted octanol–water partition coefficient (Wildman–Crippen LogP) is 5.99. The second-order valence-electron chi connectivity index (χ2n) is 11.1. The maximum absolute atomic E-state index is 14.7. The fourth-order valence-corrected chi connectivity index (χ4v) is 5.99. The van der Waals surface area contributed by atoms with Crippen molar-refractivity contribution in [2.45, 2.75) is 37.5 Å². The van der Waals surface area contributed by atoms with E-state index in [2.05, 4.69) is 34.0 Å². The van der Waals surface area contributed by atoms with Gasteiger partial charge < -0.3 is 30.9 Å². The van der Waals surface area contributed by atoms with E-state index in [9.17, 15) is 41.7 Å². The first-order chi connectivity index (χ1) is 22.3. The summed E-state index contributed by atoms with van der Waals surface area (Å²) in [5.74, 6) is -6.09. The molecule has 5 rings (SSSR count). The molecule has 4 aromatic rings. The molecule has 1 aliphatic heterocycles. The van der Waals surface area contributed by atoms with E-state index in [1.54, 1.807) is 0 Å². The first kappa shape index (κ1) is 34.8. The molecule has 0 fully saturated rings. The zero-order valence-electron chi connectivity index (χ0n) is 25.2. The summed E-state index contributed by atoms with van der Waals surface area (Å²) in [5.41, 5.74) is -3.29. The van der Waals surface area contributed by atoms with Crippen LogP contribution in [0.15, 0.2) is 67.8 Å². The molecule has 5 N–H and O–H groups in total. The van der Waals surface area contributed by atoms with E-state index in [1.165, 1.54) is 25.3 Å². The normalized spacial score (nSPS) is 15.4. The lowest BCUT2D eigenvalue weighted by molar-refractivity contribution is -0.329. The number of halogens is 7. The van der Waals surface area contributed by atoms with Crippen molar-refractivity contribution in [3.8, 4) is 0 Å². The van der Waals surface area contributed by atoms with E-state index in [-0.39, 0.29) is 55.8 Å². The Morgan fingerprint density at radius 2 is 1.77 bits per heavy atom. The zero-order chi connectivity index (χ0) is 35.5. The number of nitrogens with zero attached hydrogens (tertiary/aromatic N) is 4. The Balaban J connectivity index is 1.88. The van der Waals surface area contributed by atoms with Gasteiger partial charge in [0.15, 0.2) is 12.6 Å². The number of alkyl halides is 4. The van der Waals surface area contributed by atoms with Crippen molar-refractivity contribution in [3.05, 3.63) is 107 Å². The Hall–Kier alpha value is -4.51. The second-order valence-corrected chi connectivity index (χ2v) is 11.5. The van der Waals surface area contributed by atoms with Gasteiger partial charge in [0.1, 0.15) is 25.3 Å². The standard InChI is InChI=1S/C31H26BClF6N6O3/c1-5-40-26(19-8-16(35)6-7-22(19)33)25-14(2)27-24(45(15(3)44(27)13-34)29(4,32)31(46,47)48)11-23(25)42-28-18-9-17(36)10-21(30(37,38)39)20(18)12-41-43-28/h5-12,26,40,46-48H,1,3,13H2,2,4H3,(H,42,43). The van der Waals surface area contributed by atoms with Gasteiger partial charge >= 0.3 is 6.18 Å². The minimum Gasteiger partial charge on any atom is -0.380 e. The molecule has 48 heavy (non-hydrogen) atoms. The number of anilines is 4. The molecule has 0 amide bonds. The molecule has 3 aromatic carbocycles. The van der Waals surface area contributed by atoms with Crippen molar-refractivity contribution in [1.82, 2.24) is 15.5 Å². The van der Waals surface area contributed by atoms with Crippen molar-refractivity contribution >= 4 is 53.1 Å². The van der Waals surface area contributed by atoms with Crippen LogP contribution in [0.25, 0.3) is 10.8 Å². The summed E-state index contributed by atoms with van der Waals surface area (Å²) in [6.45, 7) is 8.81. The number of nitrogens with one attached hydrogen (secondary N) is 2. The molecule has 0 saturated heterocycles. The molecule has 1 aliphatic rings. The van der Waals surface area contributed by atoms with Gasteiger partial charge in [0.25, 0.3) is 5.97 Å². The highest BCUT2D eigenvalue weighted by Crippen LogP contribution is 2.53. The largest absolute Gasteiger partial charge is 0.417 e. The monoisotopic (exact) mass is 690 g/mol. The topological polar surface area (TPSA) is 117 Å². The van der Waals surface area contributed by atoms with Crippen molar-refractivity contribution in [1.29, 1.82) is 0 Å².